The summed E-state index contributed by atoms with van der Waals surface area (Å²) in [5.41, 5.74) is 5.23. The molecule has 0 amide bonds. The van der Waals surface area contributed by atoms with Gasteiger partial charge in [0.15, 0.2) is 0 Å². The van der Waals surface area contributed by atoms with Crippen molar-refractivity contribution in [2.75, 3.05) is 19.0 Å². The Kier molecular flexibility index (Phi) is 7.27. The van der Waals surface area contributed by atoms with E-state index in [0.29, 0.717) is 13.0 Å². The van der Waals surface area contributed by atoms with Gasteiger partial charge in [-0.05, 0) is 13.3 Å². The molecule has 0 aromatic heterocycles. The number of hydrogen-bond donors (Lipinski definition) is 3. The van der Waals surface area contributed by atoms with Gasteiger partial charge in [-0.25, -0.2) is 13.1 Å². The molecule has 0 heterocycles. The van der Waals surface area contributed by atoms with E-state index in [1.165, 1.54) is 0 Å². The molecule has 0 radical (unpaired) electrons. The normalized spacial score (nSPS) is 13.6. The molecule has 0 fully saturated rings. The Morgan fingerprint density at radius 3 is 2.56 bits per heavy atom. The molecular weight excluding hydrogens is 230 g/mol. The fourth-order valence-corrected chi connectivity index (χ4v) is 2.37. The molecule has 0 rings (SSSR count). The molecule has 4 N–H and O–H groups in total. The van der Waals surface area contributed by atoms with Crippen molar-refractivity contribution < 1.29 is 13.2 Å². The summed E-state index contributed by atoms with van der Waals surface area (Å²) in [5.74, 6) is -0.0748. The van der Waals surface area contributed by atoms with Crippen LogP contribution < -0.4 is 10.5 Å². The second-order valence-electron chi connectivity index (χ2n) is 3.47. The lowest BCUT2D eigenvalue weighted by atomic mass is 10.1. The first-order chi connectivity index (χ1) is 7.41. The molecule has 6 nitrogen and oxygen atoms in total. The van der Waals surface area contributed by atoms with Crippen LogP contribution in [0.3, 0.4) is 0 Å². The number of nitrogens with two attached hydrogens (primary N) is 1. The Morgan fingerprint density at radius 1 is 1.50 bits per heavy atom. The first-order valence-electron chi connectivity index (χ1n) is 5.32. The maximum atomic E-state index is 11.6. The molecule has 96 valence electrons. The average Bonchev–Trinajstić information content (AvgIpc) is 2.15. The summed E-state index contributed by atoms with van der Waals surface area (Å²) in [6.45, 7) is 4.34. The van der Waals surface area contributed by atoms with Crippen molar-refractivity contribution in [3.8, 4) is 0 Å². The first-order valence-corrected chi connectivity index (χ1v) is 6.97. The number of sulfonamides is 1. The maximum absolute atomic E-state index is 11.6. The van der Waals surface area contributed by atoms with E-state index in [0.717, 1.165) is 0 Å². The molecular formula is C9H21N3O3S. The average molecular weight is 251 g/mol. The van der Waals surface area contributed by atoms with Crippen molar-refractivity contribution in [2.24, 2.45) is 5.73 Å². The zero-order chi connectivity index (χ0) is 12.6. The topological polar surface area (TPSA) is 105 Å². The largest absolute Gasteiger partial charge is 0.388 e. The van der Waals surface area contributed by atoms with E-state index in [4.69, 9.17) is 15.9 Å². The standard InChI is InChI=1S/C9H21N3O3S/c1-3-8(7-9(10)11)12-16(13,14)6-5-15-4-2/h8,12H,3-7H2,1-2H3,(H3,10,11). The smallest absolute Gasteiger partial charge is 0.214 e. The fraction of sp³-hybridized carbons (Fsp3) is 0.889. The van der Waals surface area contributed by atoms with Crippen molar-refractivity contribution in [1.29, 1.82) is 5.41 Å². The molecule has 0 spiro atoms. The Hall–Kier alpha value is -0.660. The molecule has 0 aromatic rings. The SMILES string of the molecule is CCOCCS(=O)(=O)NC(CC)CC(=N)N. The van der Waals surface area contributed by atoms with Crippen LogP contribution in [0.4, 0.5) is 0 Å². The van der Waals surface area contributed by atoms with Crippen LogP contribution >= 0.6 is 0 Å². The minimum atomic E-state index is -3.34. The van der Waals surface area contributed by atoms with Crippen molar-refractivity contribution >= 4 is 15.9 Å². The lowest BCUT2D eigenvalue weighted by Gasteiger charge is -2.16. The van der Waals surface area contributed by atoms with E-state index >= 15 is 0 Å². The van der Waals surface area contributed by atoms with Gasteiger partial charge in [0.2, 0.25) is 10.0 Å². The van der Waals surface area contributed by atoms with Crippen LogP contribution in [0.1, 0.15) is 26.7 Å². The van der Waals surface area contributed by atoms with E-state index in [9.17, 15) is 8.42 Å². The molecule has 0 aliphatic rings. The molecule has 16 heavy (non-hydrogen) atoms. The van der Waals surface area contributed by atoms with Gasteiger partial charge in [0.25, 0.3) is 0 Å². The first kappa shape index (κ1) is 15.3. The predicted octanol–water partition coefficient (Wildman–Crippen LogP) is 0.0470. The van der Waals surface area contributed by atoms with Gasteiger partial charge < -0.3 is 10.5 Å². The van der Waals surface area contributed by atoms with Crippen molar-refractivity contribution in [3.63, 3.8) is 0 Å². The summed E-state index contributed by atoms with van der Waals surface area (Å²) < 4.78 is 30.6. The van der Waals surface area contributed by atoms with E-state index in [1.807, 2.05) is 13.8 Å². The molecule has 7 heteroatoms. The summed E-state index contributed by atoms with van der Waals surface area (Å²) in [6, 6.07) is -0.302. The second-order valence-corrected chi connectivity index (χ2v) is 5.34. The molecule has 0 aliphatic carbocycles. The van der Waals surface area contributed by atoms with Crippen LogP contribution in [-0.2, 0) is 14.8 Å². The molecule has 1 unspecified atom stereocenters. The van der Waals surface area contributed by atoms with Crippen molar-refractivity contribution in [3.05, 3.63) is 0 Å². The maximum Gasteiger partial charge on any atom is 0.214 e. The number of rotatable bonds is 9. The van der Waals surface area contributed by atoms with Gasteiger partial charge in [-0.2, -0.15) is 0 Å². The number of nitrogens with one attached hydrogen (secondary N) is 2. The van der Waals surface area contributed by atoms with Crippen molar-refractivity contribution in [2.45, 2.75) is 32.7 Å². The van der Waals surface area contributed by atoms with Crippen LogP contribution in [-0.4, -0.2) is 39.3 Å². The molecule has 0 saturated heterocycles. The summed E-state index contributed by atoms with van der Waals surface area (Å²) in [6.07, 6.45) is 0.845. The third kappa shape index (κ3) is 7.61. The van der Waals surface area contributed by atoms with Gasteiger partial charge in [-0.15, -0.1) is 0 Å². The summed E-state index contributed by atoms with van der Waals surface area (Å²) in [4.78, 5) is 0. The van der Waals surface area contributed by atoms with Gasteiger partial charge in [-0.1, -0.05) is 6.92 Å². The van der Waals surface area contributed by atoms with Gasteiger partial charge in [-0.3, -0.25) is 5.41 Å². The highest BCUT2D eigenvalue weighted by Gasteiger charge is 2.16. The van der Waals surface area contributed by atoms with Crippen LogP contribution in [0.2, 0.25) is 0 Å². The third-order valence-corrected chi connectivity index (χ3v) is 3.40. The molecule has 0 aliphatic heterocycles. The minimum absolute atomic E-state index is 0.0145. The van der Waals surface area contributed by atoms with Crippen molar-refractivity contribution in [1.82, 2.24) is 4.72 Å². The Balaban J connectivity index is 4.15. The van der Waals surface area contributed by atoms with Crippen LogP contribution in [0.25, 0.3) is 0 Å². The Labute approximate surface area is 97.1 Å². The van der Waals surface area contributed by atoms with Crippen LogP contribution in [0.15, 0.2) is 0 Å². The van der Waals surface area contributed by atoms with E-state index in [-0.39, 0.29) is 30.7 Å². The lowest BCUT2D eigenvalue weighted by Crippen LogP contribution is -2.39. The molecule has 0 aromatic carbocycles. The van der Waals surface area contributed by atoms with Gasteiger partial charge >= 0.3 is 0 Å². The lowest BCUT2D eigenvalue weighted by molar-refractivity contribution is 0.163. The number of amidine groups is 1. The highest BCUT2D eigenvalue weighted by atomic mass is 32.2. The van der Waals surface area contributed by atoms with Gasteiger partial charge in [0, 0.05) is 19.1 Å². The summed E-state index contributed by atoms with van der Waals surface area (Å²) >= 11 is 0. The fourth-order valence-electron chi connectivity index (χ4n) is 1.16. The summed E-state index contributed by atoms with van der Waals surface area (Å²) in [7, 11) is -3.34. The van der Waals surface area contributed by atoms with E-state index < -0.39 is 10.0 Å². The Bertz CT molecular complexity index is 303. The van der Waals surface area contributed by atoms with E-state index in [2.05, 4.69) is 4.72 Å². The number of ether oxygens (including phenoxy) is 1. The van der Waals surface area contributed by atoms with Crippen LogP contribution in [0, 0.1) is 5.41 Å². The summed E-state index contributed by atoms with van der Waals surface area (Å²) in [5, 5.41) is 7.12. The van der Waals surface area contributed by atoms with E-state index in [1.54, 1.807) is 0 Å². The molecule has 1 atom stereocenters. The second kappa shape index (κ2) is 7.59. The number of hydrogen-bond acceptors (Lipinski definition) is 4. The Morgan fingerprint density at radius 2 is 2.12 bits per heavy atom. The minimum Gasteiger partial charge on any atom is -0.388 e. The predicted molar refractivity (Wildman–Crippen MR) is 64.0 cm³/mol. The van der Waals surface area contributed by atoms with Gasteiger partial charge in [0.05, 0.1) is 18.2 Å². The van der Waals surface area contributed by atoms with Crippen LogP contribution in [0.5, 0.6) is 0 Å². The zero-order valence-electron chi connectivity index (χ0n) is 9.82. The molecule has 0 saturated carbocycles. The highest BCUT2D eigenvalue weighted by Crippen LogP contribution is 2.00. The van der Waals surface area contributed by atoms with Gasteiger partial charge in [0.1, 0.15) is 0 Å². The third-order valence-electron chi connectivity index (χ3n) is 2.01. The zero-order valence-corrected chi connectivity index (χ0v) is 10.6. The quantitative estimate of drug-likeness (QED) is 0.306. The highest BCUT2D eigenvalue weighted by molar-refractivity contribution is 7.89. The monoisotopic (exact) mass is 251 g/mol. The molecule has 0 bridgehead atoms.